The Morgan fingerprint density at radius 2 is 2.05 bits per heavy atom. The van der Waals surface area contributed by atoms with Crippen molar-refractivity contribution in [2.24, 2.45) is 0 Å². The molecule has 0 saturated carbocycles. The van der Waals surface area contributed by atoms with Crippen LogP contribution in [0.3, 0.4) is 0 Å². The maximum Gasteiger partial charge on any atom is 0.142 e. The van der Waals surface area contributed by atoms with E-state index in [1.807, 2.05) is 24.3 Å². The van der Waals surface area contributed by atoms with Gasteiger partial charge in [-0.25, -0.2) is 0 Å². The molecule has 0 amide bonds. The lowest BCUT2D eigenvalue weighted by molar-refractivity contribution is 0.400. The molecule has 1 heterocycles. The molecule has 0 spiro atoms. The first kappa shape index (κ1) is 16.1. The number of rotatable bonds is 6. The van der Waals surface area contributed by atoms with Gasteiger partial charge < -0.3 is 10.1 Å². The number of hydrogen-bond donors (Lipinski definition) is 1. The summed E-state index contributed by atoms with van der Waals surface area (Å²) in [6.07, 6.45) is 2.75. The number of ether oxygens (including phenoxy) is 1. The van der Waals surface area contributed by atoms with Crippen molar-refractivity contribution in [3.63, 3.8) is 0 Å². The van der Waals surface area contributed by atoms with Gasteiger partial charge in [0.1, 0.15) is 11.4 Å². The quantitative estimate of drug-likeness (QED) is 0.850. The molecule has 1 N–H and O–H groups in total. The van der Waals surface area contributed by atoms with Crippen LogP contribution in [0.25, 0.3) is 0 Å². The van der Waals surface area contributed by atoms with Crippen molar-refractivity contribution in [3.05, 3.63) is 57.8 Å². The standard InChI is InChI=1S/C16H18Cl2N2O/c1-3-9-19-15(11-6-4-7-12(17)14(11)18)16-13(21-2)8-5-10-20-16/h4-8,10,15,19H,3,9H2,1-2H3. The largest absolute Gasteiger partial charge is 0.495 e. The van der Waals surface area contributed by atoms with E-state index in [2.05, 4.69) is 17.2 Å². The summed E-state index contributed by atoms with van der Waals surface area (Å²) in [5.41, 5.74) is 1.70. The number of methoxy groups -OCH3 is 1. The molecule has 3 nitrogen and oxygen atoms in total. The number of halogens is 2. The minimum atomic E-state index is -0.160. The third kappa shape index (κ3) is 3.67. The Morgan fingerprint density at radius 1 is 1.24 bits per heavy atom. The van der Waals surface area contributed by atoms with Gasteiger partial charge in [-0.15, -0.1) is 0 Å². The van der Waals surface area contributed by atoms with Crippen LogP contribution in [0.5, 0.6) is 5.75 Å². The number of benzene rings is 1. The Bertz CT molecular complexity index is 605. The molecule has 5 heteroatoms. The molecule has 0 aliphatic rings. The molecule has 0 fully saturated rings. The molecule has 1 aromatic heterocycles. The number of nitrogens with one attached hydrogen (secondary N) is 1. The highest BCUT2D eigenvalue weighted by Crippen LogP contribution is 2.35. The number of nitrogens with zero attached hydrogens (tertiary/aromatic N) is 1. The van der Waals surface area contributed by atoms with Crippen molar-refractivity contribution in [1.29, 1.82) is 0 Å². The Morgan fingerprint density at radius 3 is 2.76 bits per heavy atom. The van der Waals surface area contributed by atoms with E-state index in [0.717, 1.165) is 30.0 Å². The van der Waals surface area contributed by atoms with E-state index < -0.39 is 0 Å². The fraction of sp³-hybridized carbons (Fsp3) is 0.312. The molecule has 21 heavy (non-hydrogen) atoms. The second-order valence-electron chi connectivity index (χ2n) is 4.62. The van der Waals surface area contributed by atoms with Crippen molar-refractivity contribution >= 4 is 23.2 Å². The first-order valence-electron chi connectivity index (χ1n) is 6.85. The second kappa shape index (κ2) is 7.64. The molecule has 0 aliphatic heterocycles. The first-order chi connectivity index (χ1) is 10.2. The molecule has 1 unspecified atom stereocenters. The minimum absolute atomic E-state index is 0.160. The zero-order valence-electron chi connectivity index (χ0n) is 12.1. The average molecular weight is 325 g/mol. The van der Waals surface area contributed by atoms with Gasteiger partial charge in [0.15, 0.2) is 0 Å². The van der Waals surface area contributed by atoms with E-state index in [-0.39, 0.29) is 6.04 Å². The van der Waals surface area contributed by atoms with Crippen molar-refractivity contribution in [2.45, 2.75) is 19.4 Å². The van der Waals surface area contributed by atoms with Crippen LogP contribution in [0.4, 0.5) is 0 Å². The summed E-state index contributed by atoms with van der Waals surface area (Å²) >= 11 is 12.5. The Kier molecular flexibility index (Phi) is 5.85. The summed E-state index contributed by atoms with van der Waals surface area (Å²) in [7, 11) is 1.64. The van der Waals surface area contributed by atoms with E-state index in [1.165, 1.54) is 0 Å². The van der Waals surface area contributed by atoms with E-state index in [4.69, 9.17) is 27.9 Å². The number of aromatic nitrogens is 1. The predicted octanol–water partition coefficient (Wildman–Crippen LogP) is 4.49. The highest BCUT2D eigenvalue weighted by molar-refractivity contribution is 6.42. The molecule has 0 bridgehead atoms. The van der Waals surface area contributed by atoms with Gasteiger partial charge in [-0.3, -0.25) is 4.98 Å². The molecule has 1 atom stereocenters. The summed E-state index contributed by atoms with van der Waals surface area (Å²) in [5, 5.41) is 4.54. The third-order valence-corrected chi connectivity index (χ3v) is 4.02. The molecule has 0 radical (unpaired) electrons. The van der Waals surface area contributed by atoms with Gasteiger partial charge in [0.2, 0.25) is 0 Å². The lowest BCUT2D eigenvalue weighted by Gasteiger charge is -2.22. The van der Waals surface area contributed by atoms with E-state index in [0.29, 0.717) is 10.0 Å². The zero-order chi connectivity index (χ0) is 15.2. The van der Waals surface area contributed by atoms with E-state index in [1.54, 1.807) is 19.4 Å². The molecule has 2 rings (SSSR count). The van der Waals surface area contributed by atoms with Crippen LogP contribution in [-0.2, 0) is 0 Å². The zero-order valence-corrected chi connectivity index (χ0v) is 13.6. The molecule has 2 aromatic rings. The number of pyridine rings is 1. The van der Waals surface area contributed by atoms with Crippen molar-refractivity contribution in [3.8, 4) is 5.75 Å². The summed E-state index contributed by atoms with van der Waals surface area (Å²) in [6, 6.07) is 9.20. The summed E-state index contributed by atoms with van der Waals surface area (Å²) in [6.45, 7) is 2.95. The van der Waals surface area contributed by atoms with Gasteiger partial charge in [-0.1, -0.05) is 42.3 Å². The number of hydrogen-bond acceptors (Lipinski definition) is 3. The normalized spacial score (nSPS) is 12.2. The second-order valence-corrected chi connectivity index (χ2v) is 5.41. The smallest absolute Gasteiger partial charge is 0.142 e. The molecule has 0 aliphatic carbocycles. The van der Waals surface area contributed by atoms with Crippen LogP contribution in [0.15, 0.2) is 36.5 Å². The van der Waals surface area contributed by atoms with Crippen LogP contribution < -0.4 is 10.1 Å². The van der Waals surface area contributed by atoms with Crippen molar-refractivity contribution < 1.29 is 4.74 Å². The molecule has 0 saturated heterocycles. The lowest BCUT2D eigenvalue weighted by atomic mass is 10.0. The average Bonchev–Trinajstić information content (AvgIpc) is 2.52. The van der Waals surface area contributed by atoms with Crippen LogP contribution in [0, 0.1) is 0 Å². The van der Waals surface area contributed by atoms with Crippen molar-refractivity contribution in [1.82, 2.24) is 10.3 Å². The Labute approximate surface area is 135 Å². The minimum Gasteiger partial charge on any atom is -0.495 e. The van der Waals surface area contributed by atoms with Gasteiger partial charge in [-0.2, -0.15) is 0 Å². The summed E-state index contributed by atoms with van der Waals surface area (Å²) < 4.78 is 5.42. The Hall–Kier alpha value is -1.29. The van der Waals surface area contributed by atoms with Crippen LogP contribution in [-0.4, -0.2) is 18.6 Å². The van der Waals surface area contributed by atoms with Gasteiger partial charge in [-0.05, 0) is 36.7 Å². The first-order valence-corrected chi connectivity index (χ1v) is 7.60. The molecular formula is C16H18Cl2N2O. The Balaban J connectivity index is 2.50. The van der Waals surface area contributed by atoms with Gasteiger partial charge in [0.25, 0.3) is 0 Å². The topological polar surface area (TPSA) is 34.2 Å². The summed E-state index contributed by atoms with van der Waals surface area (Å²) in [5.74, 6) is 0.724. The lowest BCUT2D eigenvalue weighted by Crippen LogP contribution is -2.25. The maximum absolute atomic E-state index is 6.37. The van der Waals surface area contributed by atoms with Gasteiger partial charge >= 0.3 is 0 Å². The maximum atomic E-state index is 6.37. The monoisotopic (exact) mass is 324 g/mol. The molecule has 1 aromatic carbocycles. The van der Waals surface area contributed by atoms with Crippen LogP contribution >= 0.6 is 23.2 Å². The SMILES string of the molecule is CCCNC(c1cccc(Cl)c1Cl)c1ncccc1OC. The van der Waals surface area contributed by atoms with Crippen LogP contribution in [0.1, 0.15) is 30.6 Å². The van der Waals surface area contributed by atoms with Gasteiger partial charge in [0.05, 0.1) is 23.2 Å². The van der Waals surface area contributed by atoms with Crippen LogP contribution in [0.2, 0.25) is 10.0 Å². The van der Waals surface area contributed by atoms with E-state index >= 15 is 0 Å². The van der Waals surface area contributed by atoms with Gasteiger partial charge in [0, 0.05) is 6.20 Å². The molecular weight excluding hydrogens is 307 g/mol. The fourth-order valence-corrected chi connectivity index (χ4v) is 2.60. The highest BCUT2D eigenvalue weighted by atomic mass is 35.5. The van der Waals surface area contributed by atoms with E-state index in [9.17, 15) is 0 Å². The fourth-order valence-electron chi connectivity index (χ4n) is 2.18. The third-order valence-electron chi connectivity index (χ3n) is 3.18. The molecule has 112 valence electrons. The summed E-state index contributed by atoms with van der Waals surface area (Å²) in [4.78, 5) is 4.46. The van der Waals surface area contributed by atoms with Crippen molar-refractivity contribution in [2.75, 3.05) is 13.7 Å². The predicted molar refractivity (Wildman–Crippen MR) is 87.4 cm³/mol. The highest BCUT2D eigenvalue weighted by Gasteiger charge is 2.22.